The third kappa shape index (κ3) is 3.99. The van der Waals surface area contributed by atoms with Crippen molar-refractivity contribution in [3.05, 3.63) is 47.9 Å². The molecule has 4 aromatic rings. The molecule has 0 aliphatic heterocycles. The molecule has 30 heavy (non-hydrogen) atoms. The molecule has 0 fully saturated rings. The number of rotatable bonds is 8. The highest BCUT2D eigenvalue weighted by Crippen LogP contribution is 2.38. The summed E-state index contributed by atoms with van der Waals surface area (Å²) >= 11 is 1.20. The summed E-state index contributed by atoms with van der Waals surface area (Å²) in [5, 5.41) is 14.7. The largest absolute Gasteiger partial charge is 0.495 e. The maximum Gasteiger partial charge on any atom is 0.187 e. The first kappa shape index (κ1) is 19.9. The van der Waals surface area contributed by atoms with Gasteiger partial charge in [-0.15, -0.1) is 0 Å². The SMILES string of the molecule is CCOc1cc(C)c(F)cc1SNc1noc2cc(Nc3ccn[nH]3)c(OC)cc12. The molecule has 8 nitrogen and oxygen atoms in total. The van der Waals surface area contributed by atoms with Gasteiger partial charge < -0.3 is 24.0 Å². The van der Waals surface area contributed by atoms with Gasteiger partial charge in [0.2, 0.25) is 0 Å². The predicted octanol–water partition coefficient (Wildman–Crippen LogP) is 5.27. The Bertz CT molecular complexity index is 1160. The molecule has 156 valence electrons. The van der Waals surface area contributed by atoms with Gasteiger partial charge in [0.25, 0.3) is 0 Å². The summed E-state index contributed by atoms with van der Waals surface area (Å²) in [7, 11) is 1.58. The summed E-state index contributed by atoms with van der Waals surface area (Å²) in [5.41, 5.74) is 1.78. The molecule has 2 aromatic carbocycles. The number of H-pyrrole nitrogens is 1. The number of aromatic amines is 1. The lowest BCUT2D eigenvalue weighted by Crippen LogP contribution is -1.98. The van der Waals surface area contributed by atoms with E-state index in [0.29, 0.717) is 51.5 Å². The smallest absolute Gasteiger partial charge is 0.187 e. The summed E-state index contributed by atoms with van der Waals surface area (Å²) in [6.45, 7) is 4.06. The van der Waals surface area contributed by atoms with Crippen LogP contribution < -0.4 is 19.5 Å². The Morgan fingerprint density at radius 3 is 2.83 bits per heavy atom. The zero-order chi connectivity index (χ0) is 21.1. The van der Waals surface area contributed by atoms with E-state index in [2.05, 4.69) is 25.4 Å². The number of anilines is 3. The second-order valence-electron chi connectivity index (χ2n) is 6.36. The van der Waals surface area contributed by atoms with E-state index in [0.717, 1.165) is 5.39 Å². The van der Waals surface area contributed by atoms with Gasteiger partial charge in [-0.25, -0.2) is 4.39 Å². The fourth-order valence-corrected chi connectivity index (χ4v) is 3.60. The summed E-state index contributed by atoms with van der Waals surface area (Å²) in [6, 6.07) is 8.51. The van der Waals surface area contributed by atoms with Gasteiger partial charge in [0.05, 0.1) is 35.9 Å². The zero-order valence-electron chi connectivity index (χ0n) is 16.6. The Morgan fingerprint density at radius 2 is 2.10 bits per heavy atom. The second-order valence-corrected chi connectivity index (χ2v) is 7.21. The van der Waals surface area contributed by atoms with Gasteiger partial charge in [-0.1, -0.05) is 5.16 Å². The molecule has 2 aromatic heterocycles. The molecule has 0 saturated heterocycles. The molecular formula is C20H20FN5O3S. The molecular weight excluding hydrogens is 409 g/mol. The number of nitrogens with one attached hydrogen (secondary N) is 3. The van der Waals surface area contributed by atoms with E-state index in [1.807, 2.05) is 13.0 Å². The number of halogens is 1. The number of aryl methyl sites for hydroxylation is 1. The molecule has 2 heterocycles. The highest BCUT2D eigenvalue weighted by Gasteiger charge is 2.16. The Balaban J connectivity index is 1.60. The highest BCUT2D eigenvalue weighted by atomic mass is 32.2. The van der Waals surface area contributed by atoms with Gasteiger partial charge in [-0.05, 0) is 49.6 Å². The van der Waals surface area contributed by atoms with Crippen molar-refractivity contribution in [2.24, 2.45) is 0 Å². The van der Waals surface area contributed by atoms with Crippen molar-refractivity contribution < 1.29 is 18.4 Å². The van der Waals surface area contributed by atoms with Crippen molar-refractivity contribution in [1.82, 2.24) is 15.4 Å². The third-order valence-corrected chi connectivity index (χ3v) is 5.18. The maximum absolute atomic E-state index is 14.1. The van der Waals surface area contributed by atoms with Crippen molar-refractivity contribution in [2.45, 2.75) is 18.7 Å². The normalized spacial score (nSPS) is 10.9. The van der Waals surface area contributed by atoms with E-state index >= 15 is 0 Å². The molecule has 10 heteroatoms. The Hall–Kier alpha value is -3.40. The van der Waals surface area contributed by atoms with Crippen LogP contribution in [-0.2, 0) is 0 Å². The minimum absolute atomic E-state index is 0.302. The molecule has 3 N–H and O–H groups in total. The number of ether oxygens (including phenoxy) is 2. The summed E-state index contributed by atoms with van der Waals surface area (Å²) < 4.78 is 33.8. The monoisotopic (exact) mass is 429 g/mol. The lowest BCUT2D eigenvalue weighted by atomic mass is 10.2. The highest BCUT2D eigenvalue weighted by molar-refractivity contribution is 8.00. The van der Waals surface area contributed by atoms with E-state index < -0.39 is 0 Å². The average Bonchev–Trinajstić information content (AvgIpc) is 3.39. The summed E-state index contributed by atoms with van der Waals surface area (Å²) in [6.07, 6.45) is 1.64. The van der Waals surface area contributed by atoms with Crippen molar-refractivity contribution in [2.75, 3.05) is 23.8 Å². The van der Waals surface area contributed by atoms with Crippen LogP contribution in [0.2, 0.25) is 0 Å². The number of hydrogen-bond donors (Lipinski definition) is 3. The number of nitrogens with zero attached hydrogens (tertiary/aromatic N) is 2. The topological polar surface area (TPSA) is 97.2 Å². The van der Waals surface area contributed by atoms with Gasteiger partial charge in [-0.2, -0.15) is 5.10 Å². The Kier molecular flexibility index (Phi) is 5.66. The van der Waals surface area contributed by atoms with E-state index in [4.69, 9.17) is 14.0 Å². The molecule has 0 aliphatic rings. The fraction of sp³-hybridized carbons (Fsp3) is 0.200. The Labute approximate surface area is 176 Å². The van der Waals surface area contributed by atoms with Crippen molar-refractivity contribution in [3.63, 3.8) is 0 Å². The second kappa shape index (κ2) is 8.54. The van der Waals surface area contributed by atoms with Crippen LogP contribution in [0.5, 0.6) is 11.5 Å². The number of fused-ring (bicyclic) bond motifs is 1. The van der Waals surface area contributed by atoms with Crippen LogP contribution in [0.1, 0.15) is 12.5 Å². The maximum atomic E-state index is 14.1. The minimum Gasteiger partial charge on any atom is -0.495 e. The van der Waals surface area contributed by atoms with Gasteiger partial charge in [0, 0.05) is 12.1 Å². The molecule has 0 aliphatic carbocycles. The van der Waals surface area contributed by atoms with Crippen molar-refractivity contribution >= 4 is 40.2 Å². The van der Waals surface area contributed by atoms with Crippen LogP contribution in [0.3, 0.4) is 0 Å². The fourth-order valence-electron chi connectivity index (χ4n) is 2.86. The quantitative estimate of drug-likeness (QED) is 0.326. The van der Waals surface area contributed by atoms with E-state index in [1.54, 1.807) is 38.4 Å². The molecule has 0 bridgehead atoms. The number of hydrogen-bond acceptors (Lipinski definition) is 8. The first-order valence-corrected chi connectivity index (χ1v) is 10.00. The summed E-state index contributed by atoms with van der Waals surface area (Å²) in [4.78, 5) is 0.612. The summed E-state index contributed by atoms with van der Waals surface area (Å²) in [5.74, 6) is 2.11. The molecule has 0 unspecified atom stereocenters. The van der Waals surface area contributed by atoms with Gasteiger partial charge >= 0.3 is 0 Å². The predicted molar refractivity (Wildman–Crippen MR) is 114 cm³/mol. The Morgan fingerprint density at radius 1 is 1.23 bits per heavy atom. The van der Waals surface area contributed by atoms with Crippen LogP contribution in [0, 0.1) is 12.7 Å². The third-order valence-electron chi connectivity index (χ3n) is 4.34. The van der Waals surface area contributed by atoms with Crippen LogP contribution in [0.15, 0.2) is 45.9 Å². The standard InChI is InChI=1S/C20H20FN5O3S/c1-4-28-17-7-11(2)13(21)9-18(17)30-26-20-12-8-16(27-3)14(10-15(12)29-25-20)23-19-5-6-22-24-19/h5-10H,4H2,1-3H3,(H,25,26)(H2,22,23,24). The van der Waals surface area contributed by atoms with E-state index in [1.165, 1.54) is 18.0 Å². The lowest BCUT2D eigenvalue weighted by Gasteiger charge is -2.12. The molecule has 0 spiro atoms. The first-order valence-electron chi connectivity index (χ1n) is 9.18. The lowest BCUT2D eigenvalue weighted by molar-refractivity contribution is 0.331. The van der Waals surface area contributed by atoms with Gasteiger partial charge in [-0.3, -0.25) is 5.10 Å². The molecule has 0 amide bonds. The number of aromatic nitrogens is 3. The molecule has 0 saturated carbocycles. The van der Waals surface area contributed by atoms with Crippen molar-refractivity contribution in [3.8, 4) is 11.5 Å². The van der Waals surface area contributed by atoms with Gasteiger partial charge in [0.1, 0.15) is 23.1 Å². The zero-order valence-corrected chi connectivity index (χ0v) is 17.4. The van der Waals surface area contributed by atoms with Gasteiger partial charge in [0.15, 0.2) is 11.4 Å². The van der Waals surface area contributed by atoms with Crippen LogP contribution in [-0.4, -0.2) is 29.1 Å². The number of benzene rings is 2. The van der Waals surface area contributed by atoms with E-state index in [9.17, 15) is 4.39 Å². The van der Waals surface area contributed by atoms with E-state index in [-0.39, 0.29) is 5.82 Å². The minimum atomic E-state index is -0.302. The van der Waals surface area contributed by atoms with Crippen LogP contribution >= 0.6 is 11.9 Å². The number of methoxy groups -OCH3 is 1. The first-order chi connectivity index (χ1) is 14.6. The molecule has 4 rings (SSSR count). The molecule has 0 radical (unpaired) electrons. The van der Waals surface area contributed by atoms with Crippen molar-refractivity contribution in [1.29, 1.82) is 0 Å². The molecule has 0 atom stereocenters. The average molecular weight is 429 g/mol. The van der Waals surface area contributed by atoms with Crippen LogP contribution in [0.25, 0.3) is 11.0 Å². The van der Waals surface area contributed by atoms with Crippen LogP contribution in [0.4, 0.5) is 21.7 Å².